The Kier molecular flexibility index (Phi) is 3.82. The van der Waals surface area contributed by atoms with E-state index >= 15 is 0 Å². The number of amides is 1. The van der Waals surface area contributed by atoms with E-state index in [0.717, 1.165) is 37.3 Å². The van der Waals surface area contributed by atoms with E-state index in [2.05, 4.69) is 11.0 Å². The highest BCUT2D eigenvalue weighted by atomic mass is 16.3. The first-order chi connectivity index (χ1) is 12.6. The molecule has 0 radical (unpaired) electrons. The van der Waals surface area contributed by atoms with Gasteiger partial charge in [-0.2, -0.15) is 0 Å². The first-order valence-electron chi connectivity index (χ1n) is 10.5. The SMILES string of the molecule is NC(=O)c1ccc2c(c1O)C13CCCC[C@H]1[C@@H](C2)N(CC1CCC1)CC3. The zero-order chi connectivity index (χ0) is 17.9. The molecule has 1 heterocycles. The van der Waals surface area contributed by atoms with Gasteiger partial charge in [0, 0.05) is 23.6 Å². The van der Waals surface area contributed by atoms with E-state index in [1.807, 2.05) is 0 Å². The van der Waals surface area contributed by atoms with Crippen LogP contribution in [0.3, 0.4) is 0 Å². The Labute approximate surface area is 155 Å². The Balaban J connectivity index is 1.58. The van der Waals surface area contributed by atoms with Gasteiger partial charge in [0.15, 0.2) is 0 Å². The van der Waals surface area contributed by atoms with Crippen molar-refractivity contribution in [1.29, 1.82) is 0 Å². The maximum Gasteiger partial charge on any atom is 0.252 e. The Hall–Kier alpha value is -1.55. The third-order valence-electron chi connectivity index (χ3n) is 8.05. The normalized spacial score (nSPS) is 33.8. The third kappa shape index (κ3) is 2.27. The van der Waals surface area contributed by atoms with Crippen molar-refractivity contribution < 1.29 is 9.90 Å². The number of hydrogen-bond acceptors (Lipinski definition) is 3. The minimum Gasteiger partial charge on any atom is -0.507 e. The van der Waals surface area contributed by atoms with Crippen LogP contribution in [0.25, 0.3) is 0 Å². The summed E-state index contributed by atoms with van der Waals surface area (Å²) in [7, 11) is 0. The predicted molar refractivity (Wildman–Crippen MR) is 101 cm³/mol. The quantitative estimate of drug-likeness (QED) is 0.875. The summed E-state index contributed by atoms with van der Waals surface area (Å²) in [6, 6.07) is 4.42. The number of likely N-dealkylation sites (tertiary alicyclic amines) is 1. The van der Waals surface area contributed by atoms with Gasteiger partial charge in [0.2, 0.25) is 0 Å². The monoisotopic (exact) mass is 354 g/mol. The first-order valence-corrected chi connectivity index (χ1v) is 10.5. The van der Waals surface area contributed by atoms with Gasteiger partial charge in [-0.25, -0.2) is 0 Å². The van der Waals surface area contributed by atoms with E-state index in [4.69, 9.17) is 5.73 Å². The molecule has 1 aliphatic heterocycles. The van der Waals surface area contributed by atoms with Crippen molar-refractivity contribution in [2.24, 2.45) is 17.6 Å². The van der Waals surface area contributed by atoms with E-state index in [1.165, 1.54) is 50.6 Å². The molecule has 1 amide bonds. The number of piperidine rings is 1. The van der Waals surface area contributed by atoms with Crippen LogP contribution in [0.1, 0.15) is 72.9 Å². The lowest BCUT2D eigenvalue weighted by atomic mass is 9.52. The van der Waals surface area contributed by atoms with Crippen LogP contribution in [0.5, 0.6) is 5.75 Å². The zero-order valence-electron chi connectivity index (χ0n) is 15.5. The maximum absolute atomic E-state index is 11.8. The second-order valence-corrected chi connectivity index (χ2v) is 9.18. The van der Waals surface area contributed by atoms with Crippen LogP contribution >= 0.6 is 0 Å². The average molecular weight is 354 g/mol. The number of carbonyl (C=O) groups is 1. The van der Waals surface area contributed by atoms with Gasteiger partial charge in [0.1, 0.15) is 5.75 Å². The summed E-state index contributed by atoms with van der Waals surface area (Å²) in [5, 5.41) is 11.0. The van der Waals surface area contributed by atoms with Gasteiger partial charge in [-0.15, -0.1) is 0 Å². The summed E-state index contributed by atoms with van der Waals surface area (Å²) in [6.45, 7) is 2.40. The van der Waals surface area contributed by atoms with Crippen LogP contribution in [0.4, 0.5) is 0 Å². The van der Waals surface area contributed by atoms with E-state index in [-0.39, 0.29) is 11.2 Å². The molecule has 26 heavy (non-hydrogen) atoms. The molecule has 5 rings (SSSR count). The van der Waals surface area contributed by atoms with E-state index in [0.29, 0.717) is 17.5 Å². The molecular weight excluding hydrogens is 324 g/mol. The molecule has 2 bridgehead atoms. The van der Waals surface area contributed by atoms with Crippen molar-refractivity contribution in [1.82, 2.24) is 4.90 Å². The molecule has 1 aromatic carbocycles. The summed E-state index contributed by atoms with van der Waals surface area (Å²) in [5.74, 6) is 1.19. The Morgan fingerprint density at radius 1 is 1.19 bits per heavy atom. The van der Waals surface area contributed by atoms with Crippen molar-refractivity contribution >= 4 is 5.91 Å². The smallest absolute Gasteiger partial charge is 0.252 e. The van der Waals surface area contributed by atoms with Gasteiger partial charge < -0.3 is 10.8 Å². The number of nitrogens with two attached hydrogens (primary N) is 1. The number of hydrogen-bond donors (Lipinski definition) is 2. The molecule has 2 saturated carbocycles. The van der Waals surface area contributed by atoms with Gasteiger partial charge in [0.05, 0.1) is 5.56 Å². The van der Waals surface area contributed by atoms with E-state index < -0.39 is 5.91 Å². The van der Waals surface area contributed by atoms with Crippen LogP contribution < -0.4 is 5.73 Å². The lowest BCUT2D eigenvalue weighted by Crippen LogP contribution is -2.61. The van der Waals surface area contributed by atoms with Crippen molar-refractivity contribution in [2.45, 2.75) is 69.2 Å². The molecule has 0 spiro atoms. The summed E-state index contributed by atoms with van der Waals surface area (Å²) >= 11 is 0. The first kappa shape index (κ1) is 16.6. The van der Waals surface area contributed by atoms with Gasteiger partial charge >= 0.3 is 0 Å². The average Bonchev–Trinajstić information content (AvgIpc) is 2.59. The fourth-order valence-corrected chi connectivity index (χ4v) is 6.62. The number of primary amides is 1. The molecule has 1 saturated heterocycles. The Morgan fingerprint density at radius 2 is 2.04 bits per heavy atom. The number of benzene rings is 1. The van der Waals surface area contributed by atoms with Gasteiger partial charge in [0.25, 0.3) is 5.91 Å². The van der Waals surface area contributed by atoms with Crippen LogP contribution in [0.15, 0.2) is 12.1 Å². The number of phenols is 1. The highest BCUT2D eigenvalue weighted by Gasteiger charge is 2.55. The molecule has 1 aromatic rings. The van der Waals surface area contributed by atoms with Gasteiger partial charge in [-0.1, -0.05) is 25.3 Å². The van der Waals surface area contributed by atoms with Crippen LogP contribution in [0, 0.1) is 11.8 Å². The lowest BCUT2D eigenvalue weighted by Gasteiger charge is -2.59. The molecule has 4 heteroatoms. The summed E-state index contributed by atoms with van der Waals surface area (Å²) in [4.78, 5) is 14.6. The molecule has 0 aromatic heterocycles. The third-order valence-corrected chi connectivity index (χ3v) is 8.05. The van der Waals surface area contributed by atoms with Gasteiger partial charge in [-0.05, 0) is 68.5 Å². The van der Waals surface area contributed by atoms with Crippen molar-refractivity contribution in [3.05, 3.63) is 28.8 Å². The lowest BCUT2D eigenvalue weighted by molar-refractivity contribution is -0.0250. The molecule has 3 fully saturated rings. The van der Waals surface area contributed by atoms with Crippen molar-refractivity contribution in [3.63, 3.8) is 0 Å². The van der Waals surface area contributed by atoms with Crippen molar-refractivity contribution in [3.8, 4) is 5.75 Å². The predicted octanol–water partition coefficient (Wildman–Crippen LogP) is 3.35. The number of rotatable bonds is 3. The van der Waals surface area contributed by atoms with Crippen LogP contribution in [0.2, 0.25) is 0 Å². The van der Waals surface area contributed by atoms with E-state index in [1.54, 1.807) is 6.07 Å². The maximum atomic E-state index is 11.8. The zero-order valence-corrected chi connectivity index (χ0v) is 15.5. The molecule has 4 nitrogen and oxygen atoms in total. The number of nitrogens with zero attached hydrogens (tertiary/aromatic N) is 1. The molecule has 3 atom stereocenters. The largest absolute Gasteiger partial charge is 0.507 e. The minimum atomic E-state index is -0.515. The Morgan fingerprint density at radius 3 is 2.77 bits per heavy atom. The molecule has 4 aliphatic rings. The molecular formula is C22H30N2O2. The second kappa shape index (κ2) is 5.98. The molecule has 1 unspecified atom stereocenters. The van der Waals surface area contributed by atoms with Gasteiger partial charge in [-0.3, -0.25) is 9.69 Å². The highest BCUT2D eigenvalue weighted by molar-refractivity contribution is 5.96. The number of fused-ring (bicyclic) bond motifs is 1. The van der Waals surface area contributed by atoms with Crippen molar-refractivity contribution in [2.75, 3.05) is 13.1 Å². The number of carbonyl (C=O) groups excluding carboxylic acids is 1. The summed E-state index contributed by atoms with van der Waals surface area (Å²) < 4.78 is 0. The van der Waals surface area contributed by atoms with E-state index in [9.17, 15) is 9.90 Å². The highest BCUT2D eigenvalue weighted by Crippen LogP contribution is 2.58. The second-order valence-electron chi connectivity index (χ2n) is 9.18. The number of aromatic hydroxyl groups is 1. The molecule has 3 N–H and O–H groups in total. The minimum absolute atomic E-state index is 0.0577. The molecule has 140 valence electrons. The summed E-state index contributed by atoms with van der Waals surface area (Å²) in [6.07, 6.45) is 11.3. The topological polar surface area (TPSA) is 66.6 Å². The Bertz CT molecular complexity index is 742. The molecule has 3 aliphatic carbocycles. The fourth-order valence-electron chi connectivity index (χ4n) is 6.62. The van der Waals surface area contributed by atoms with Crippen LogP contribution in [-0.2, 0) is 11.8 Å². The standard InChI is InChI=1S/C22H30N2O2/c23-21(26)16-8-7-15-12-18-17-6-1-2-9-22(17,19(15)20(16)25)10-11-24(18)13-14-4-3-5-14/h7-8,14,17-18,25H,1-6,9-13H2,(H2,23,26)/t17-,18+,22?/m0/s1. The summed E-state index contributed by atoms with van der Waals surface area (Å²) in [5.41, 5.74) is 8.23. The van der Waals surface area contributed by atoms with Crippen LogP contribution in [-0.4, -0.2) is 35.0 Å². The fraction of sp³-hybridized carbons (Fsp3) is 0.682.